The lowest BCUT2D eigenvalue weighted by Crippen LogP contribution is -2.48. The molecule has 2 fully saturated rings. The molecule has 0 radical (unpaired) electrons. The summed E-state index contributed by atoms with van der Waals surface area (Å²) >= 11 is 1.57. The van der Waals surface area contributed by atoms with Crippen molar-refractivity contribution in [1.29, 1.82) is 0 Å². The summed E-state index contributed by atoms with van der Waals surface area (Å²) in [4.78, 5) is 49.7. The molecule has 318 valence electrons. The Morgan fingerprint density at radius 3 is 2.51 bits per heavy atom. The van der Waals surface area contributed by atoms with Gasteiger partial charge < -0.3 is 40.3 Å². The lowest BCUT2D eigenvalue weighted by Gasteiger charge is -2.32. The summed E-state index contributed by atoms with van der Waals surface area (Å²) in [5.74, 6) is -1.44. The van der Waals surface area contributed by atoms with Gasteiger partial charge in [-0.3, -0.25) is 19.1 Å². The van der Waals surface area contributed by atoms with E-state index < -0.39 is 18.1 Å². The van der Waals surface area contributed by atoms with Gasteiger partial charge in [0.25, 0.3) is 11.8 Å². The van der Waals surface area contributed by atoms with E-state index in [2.05, 4.69) is 30.8 Å². The maximum absolute atomic E-state index is 14.2. The van der Waals surface area contributed by atoms with Crippen LogP contribution in [-0.2, 0) is 14.4 Å². The van der Waals surface area contributed by atoms with Crippen LogP contribution in [-0.4, -0.2) is 106 Å². The highest BCUT2D eigenvalue weighted by Crippen LogP contribution is 2.35. The molecule has 0 spiro atoms. The van der Waals surface area contributed by atoms with E-state index in [0.29, 0.717) is 48.2 Å². The van der Waals surface area contributed by atoms with Crippen LogP contribution in [0.5, 0.6) is 11.6 Å². The zero-order valence-corrected chi connectivity index (χ0v) is 35.1. The van der Waals surface area contributed by atoms with E-state index in [0.717, 1.165) is 21.7 Å². The number of phenols is 1. The third-order valence-corrected chi connectivity index (χ3v) is 12.5. The van der Waals surface area contributed by atoms with Crippen LogP contribution in [0.25, 0.3) is 32.7 Å². The molecule has 2 unspecified atom stereocenters. The number of rotatable bonds is 12. The number of carbonyl (C=O) groups is 3. The number of nitrogens with zero attached hydrogens (tertiary/aromatic N) is 8. The van der Waals surface area contributed by atoms with Gasteiger partial charge in [-0.25, -0.2) is 4.98 Å². The highest BCUT2D eigenvalue weighted by Gasteiger charge is 2.43. The van der Waals surface area contributed by atoms with E-state index in [1.165, 1.54) is 11.0 Å². The zero-order chi connectivity index (χ0) is 42.9. The number of hydrogen-bond donors (Lipinski definition) is 4. The molecule has 61 heavy (non-hydrogen) atoms. The number of nitrogens with one attached hydrogen (secondary N) is 1. The monoisotopic (exact) mass is 848 g/mol. The molecule has 17 nitrogen and oxygen atoms in total. The van der Waals surface area contributed by atoms with Crippen molar-refractivity contribution in [3.05, 3.63) is 83.2 Å². The number of amides is 3. The van der Waals surface area contributed by atoms with Gasteiger partial charge >= 0.3 is 0 Å². The average molecular weight is 849 g/mol. The number of piperidine rings is 1. The molecule has 4 aromatic heterocycles. The molecule has 5 N–H and O–H groups in total. The first-order chi connectivity index (χ1) is 29.4. The Bertz CT molecular complexity index is 2550. The number of benzene rings is 2. The van der Waals surface area contributed by atoms with E-state index in [1.807, 2.05) is 74.3 Å². The molecule has 3 amide bonds. The second-order valence-corrected chi connectivity index (χ2v) is 16.9. The molecule has 4 atom stereocenters. The van der Waals surface area contributed by atoms with E-state index in [-0.39, 0.29) is 78.5 Å². The molecule has 2 saturated heterocycles. The van der Waals surface area contributed by atoms with E-state index in [1.54, 1.807) is 34.4 Å². The highest BCUT2D eigenvalue weighted by molar-refractivity contribution is 7.13. The lowest BCUT2D eigenvalue weighted by atomic mass is 9.91. The van der Waals surface area contributed by atoms with Crippen molar-refractivity contribution in [2.24, 2.45) is 5.92 Å². The number of likely N-dealkylation sites (tertiary alicyclic amines) is 2. The number of anilines is 1. The minimum absolute atomic E-state index is 0.00249. The number of aliphatic hydroxyl groups excluding tert-OH is 1. The van der Waals surface area contributed by atoms with Crippen LogP contribution in [0.1, 0.15) is 75.1 Å². The fourth-order valence-corrected chi connectivity index (χ4v) is 9.06. The summed E-state index contributed by atoms with van der Waals surface area (Å²) in [6.45, 7) is 8.17. The number of ether oxygens (including phenoxy) is 1. The van der Waals surface area contributed by atoms with Crippen LogP contribution < -0.4 is 15.8 Å². The Kier molecular flexibility index (Phi) is 11.7. The number of thiazole rings is 1. The molecule has 0 bridgehead atoms. The Balaban J connectivity index is 0.865. The molecule has 0 saturated carbocycles. The minimum Gasteiger partial charge on any atom is -0.507 e. The molecular weight excluding hydrogens is 801 g/mol. The van der Waals surface area contributed by atoms with Gasteiger partial charge in [0.2, 0.25) is 11.8 Å². The lowest BCUT2D eigenvalue weighted by molar-refractivity contribution is -0.141. The van der Waals surface area contributed by atoms with Gasteiger partial charge in [-0.2, -0.15) is 5.10 Å². The van der Waals surface area contributed by atoms with Crippen LogP contribution in [0.3, 0.4) is 0 Å². The number of nitrogens with two attached hydrogens (primary N) is 1. The summed E-state index contributed by atoms with van der Waals surface area (Å²) in [6.07, 6.45) is 0.438. The number of hydrogen-bond acceptors (Lipinski definition) is 14. The second-order valence-electron chi connectivity index (χ2n) is 16.0. The molecule has 6 heterocycles. The summed E-state index contributed by atoms with van der Waals surface area (Å²) in [6, 6.07) is 16.9. The van der Waals surface area contributed by atoms with Crippen molar-refractivity contribution in [3.63, 3.8) is 0 Å². The van der Waals surface area contributed by atoms with Crippen LogP contribution in [0, 0.1) is 12.8 Å². The summed E-state index contributed by atoms with van der Waals surface area (Å²) < 4.78 is 13.2. The van der Waals surface area contributed by atoms with Crippen LogP contribution in [0.15, 0.2) is 70.7 Å². The number of para-hydroxylation sites is 1. The third kappa shape index (κ3) is 8.50. The van der Waals surface area contributed by atoms with Gasteiger partial charge in [0.1, 0.15) is 17.7 Å². The van der Waals surface area contributed by atoms with Gasteiger partial charge in [0.15, 0.2) is 23.7 Å². The predicted octanol–water partition coefficient (Wildman–Crippen LogP) is 5.02. The Hall–Kier alpha value is -6.40. The Morgan fingerprint density at radius 2 is 1.80 bits per heavy atom. The number of β-amino-alcohol motifs (C(OH)–C–C–N with tert-alkyl or cyclic N) is 1. The van der Waals surface area contributed by atoms with Crippen molar-refractivity contribution < 1.29 is 33.9 Å². The summed E-state index contributed by atoms with van der Waals surface area (Å²) in [7, 11) is 0. The molecule has 2 aromatic carbocycles. The maximum atomic E-state index is 14.2. The van der Waals surface area contributed by atoms with E-state index in [4.69, 9.17) is 15.0 Å². The number of nitrogen functional groups attached to an aromatic ring is 1. The number of aromatic nitrogens is 6. The summed E-state index contributed by atoms with van der Waals surface area (Å²) in [5.41, 5.74) is 13.1. The fourth-order valence-electron chi connectivity index (χ4n) is 8.24. The number of phenolic OH excluding ortho intramolecular Hbond substituents is 1. The molecule has 6 aromatic rings. The van der Waals surface area contributed by atoms with Crippen LogP contribution >= 0.6 is 11.3 Å². The first-order valence-electron chi connectivity index (χ1n) is 20.3. The quantitative estimate of drug-likeness (QED) is 0.127. The fraction of sp³-hybridized carbons (Fsp3) is 0.395. The standard InChI is InChI=1S/C43H48N10O7S/c1-23(2)38(43(58)52-20-29(54)17-33(52)42(57)46-24(3)26-9-11-27(12-10-26)40-25(4)45-22-61-40)35-19-36(50-60-35)59-21-37(56)51-15-13-28(14-16-51)53-32-18-31(30-7-5-6-8-34(30)55)47-48-39(32)41(44)49-53/h5-12,18-19,22-24,28-29,33,38,54-55H,13-17,20-21H2,1-4H3,(H2,44,49)(H,46,57)/t24?,29-,33+,38?/m1/s1. The number of aryl methyl sites for hydroxylation is 1. The zero-order valence-electron chi connectivity index (χ0n) is 34.3. The number of fused-ring (bicyclic) bond motifs is 1. The van der Waals surface area contributed by atoms with Crippen molar-refractivity contribution >= 4 is 45.9 Å². The van der Waals surface area contributed by atoms with E-state index in [9.17, 15) is 24.6 Å². The largest absolute Gasteiger partial charge is 0.507 e. The van der Waals surface area contributed by atoms with Gasteiger partial charge in [-0.05, 0) is 67.1 Å². The van der Waals surface area contributed by atoms with Gasteiger partial charge in [-0.15, -0.1) is 21.5 Å². The van der Waals surface area contributed by atoms with Crippen LogP contribution in [0.2, 0.25) is 0 Å². The average Bonchev–Trinajstić information content (AvgIpc) is 4.07. The number of aliphatic hydroxyl groups is 1. The van der Waals surface area contributed by atoms with E-state index >= 15 is 0 Å². The van der Waals surface area contributed by atoms with Gasteiger partial charge in [0.05, 0.1) is 45.5 Å². The molecule has 2 aliphatic rings. The van der Waals surface area contributed by atoms with Crippen molar-refractivity contribution in [2.75, 3.05) is 32.0 Å². The number of aromatic hydroxyl groups is 1. The molecule has 8 rings (SSSR count). The SMILES string of the molecule is Cc1ncsc1-c1ccc(C(C)NC(=O)[C@@H]2C[C@@H](O)CN2C(=O)C(c2cc(OCC(=O)N3CCC(n4nc(N)c5nnc(-c6ccccc6O)cc54)CC3)no2)C(C)C)cc1. The van der Waals surface area contributed by atoms with Gasteiger partial charge in [0, 0.05) is 37.7 Å². The summed E-state index contributed by atoms with van der Waals surface area (Å²) in [5, 5.41) is 41.2. The van der Waals surface area contributed by atoms with Crippen molar-refractivity contribution in [3.8, 4) is 33.3 Å². The second kappa shape index (κ2) is 17.3. The van der Waals surface area contributed by atoms with Crippen molar-refractivity contribution in [2.45, 2.75) is 77.1 Å². The smallest absolute Gasteiger partial charge is 0.260 e. The Labute approximate surface area is 355 Å². The maximum Gasteiger partial charge on any atom is 0.260 e. The molecule has 2 aliphatic heterocycles. The first kappa shape index (κ1) is 41.3. The predicted molar refractivity (Wildman–Crippen MR) is 226 cm³/mol. The molecule has 0 aliphatic carbocycles. The topological polar surface area (TPSA) is 228 Å². The van der Waals surface area contributed by atoms with Crippen LogP contribution in [0.4, 0.5) is 5.82 Å². The normalized spacial score (nSPS) is 18.1. The highest BCUT2D eigenvalue weighted by atomic mass is 32.1. The first-order valence-corrected chi connectivity index (χ1v) is 21.2. The Morgan fingerprint density at radius 1 is 1.05 bits per heavy atom. The molecule has 18 heteroatoms. The minimum atomic E-state index is -0.884. The third-order valence-electron chi connectivity index (χ3n) is 11.6. The van der Waals surface area contributed by atoms with Gasteiger partial charge in [-0.1, -0.05) is 50.2 Å². The number of carbonyl (C=O) groups excluding carboxylic acids is 3. The van der Waals surface area contributed by atoms with Crippen molar-refractivity contribution in [1.82, 2.24) is 45.2 Å². The molecular formula is C43H48N10O7S.